The second kappa shape index (κ2) is 9.50. The number of hydrogen-bond acceptors (Lipinski definition) is 6. The summed E-state index contributed by atoms with van der Waals surface area (Å²) in [6.07, 6.45) is 4.38. The largest absolute Gasteiger partial charge is 0.358 e. The normalized spacial score (nSPS) is 14.7. The number of pyridine rings is 1. The molecule has 1 aromatic carbocycles. The van der Waals surface area contributed by atoms with Crippen LogP contribution in [0.4, 0.5) is 5.82 Å². The van der Waals surface area contributed by atoms with Crippen molar-refractivity contribution in [1.82, 2.24) is 15.0 Å². The first kappa shape index (κ1) is 24.4. The first-order valence-corrected chi connectivity index (χ1v) is 13.4. The number of nitrogens with one attached hydrogen (secondary N) is 1. The molecule has 4 rings (SSSR count). The highest BCUT2D eigenvalue weighted by Gasteiger charge is 2.28. The molecule has 0 amide bonds. The first-order valence-electron chi connectivity index (χ1n) is 11.9. The Bertz CT molecular complexity index is 1260. The van der Waals surface area contributed by atoms with Crippen molar-refractivity contribution in [2.75, 3.05) is 11.3 Å². The predicted molar refractivity (Wildman–Crippen MR) is 133 cm³/mol. The average Bonchev–Trinajstić information content (AvgIpc) is 3.21. The lowest BCUT2D eigenvalue weighted by Crippen LogP contribution is -2.30. The zero-order chi connectivity index (χ0) is 24.5. The summed E-state index contributed by atoms with van der Waals surface area (Å²) in [4.78, 5) is 7.07. The molecule has 3 heterocycles. The number of benzene rings is 1. The fraction of sp³-hybridized carbons (Fsp3) is 0.462. The van der Waals surface area contributed by atoms with E-state index in [1.807, 2.05) is 40.0 Å². The number of aryl methyl sites for hydroxylation is 1. The molecule has 0 spiro atoms. The minimum atomic E-state index is -3.80. The van der Waals surface area contributed by atoms with Gasteiger partial charge in [0.2, 0.25) is 0 Å². The quantitative estimate of drug-likeness (QED) is 0.518. The van der Waals surface area contributed by atoms with E-state index in [1.54, 1.807) is 12.1 Å². The number of nitrogens with zero attached hydrogens (tertiary/aromatic N) is 3. The number of sulfonamides is 1. The van der Waals surface area contributed by atoms with Gasteiger partial charge in [0, 0.05) is 42.5 Å². The summed E-state index contributed by atoms with van der Waals surface area (Å²) in [5.41, 5.74) is 5.02. The van der Waals surface area contributed by atoms with Crippen LogP contribution in [0, 0.1) is 0 Å². The maximum absolute atomic E-state index is 13.2. The molecule has 0 aliphatic carbocycles. The van der Waals surface area contributed by atoms with Crippen molar-refractivity contribution in [3.8, 4) is 0 Å². The Balaban J connectivity index is 1.53. The van der Waals surface area contributed by atoms with E-state index in [2.05, 4.69) is 38.8 Å². The van der Waals surface area contributed by atoms with Gasteiger partial charge in [-0.3, -0.25) is 14.6 Å². The van der Waals surface area contributed by atoms with Crippen LogP contribution >= 0.6 is 0 Å². The third-order valence-electron chi connectivity index (χ3n) is 6.29. The van der Waals surface area contributed by atoms with Crippen LogP contribution < -0.4 is 4.72 Å². The van der Waals surface area contributed by atoms with E-state index >= 15 is 0 Å². The van der Waals surface area contributed by atoms with Crippen LogP contribution in [0.15, 0.2) is 45.9 Å². The molecule has 3 aromatic rings. The summed E-state index contributed by atoms with van der Waals surface area (Å²) in [7, 11) is -3.80. The third kappa shape index (κ3) is 5.18. The van der Waals surface area contributed by atoms with Gasteiger partial charge in [-0.05, 0) is 54.2 Å². The van der Waals surface area contributed by atoms with E-state index in [1.165, 1.54) is 11.1 Å². The van der Waals surface area contributed by atoms with Gasteiger partial charge in [-0.15, -0.1) is 0 Å². The maximum Gasteiger partial charge on any atom is 0.263 e. The molecule has 1 N–H and O–H groups in total. The van der Waals surface area contributed by atoms with Crippen LogP contribution in [0.1, 0.15) is 68.3 Å². The molecule has 0 saturated carbocycles. The highest BCUT2D eigenvalue weighted by molar-refractivity contribution is 7.92. The highest BCUT2D eigenvalue weighted by atomic mass is 32.2. The lowest BCUT2D eigenvalue weighted by Gasteiger charge is -2.29. The zero-order valence-corrected chi connectivity index (χ0v) is 21.5. The Kier molecular flexibility index (Phi) is 6.82. The first-order chi connectivity index (χ1) is 16.1. The van der Waals surface area contributed by atoms with Crippen LogP contribution in [0.2, 0.25) is 0 Å². The fourth-order valence-corrected chi connectivity index (χ4v) is 5.48. The van der Waals surface area contributed by atoms with Gasteiger partial charge in [-0.2, -0.15) is 0 Å². The Labute approximate surface area is 202 Å². The van der Waals surface area contributed by atoms with Crippen LogP contribution in [0.5, 0.6) is 0 Å². The van der Waals surface area contributed by atoms with E-state index in [0.29, 0.717) is 18.7 Å². The van der Waals surface area contributed by atoms with Gasteiger partial charge in [-0.1, -0.05) is 51.9 Å². The Morgan fingerprint density at radius 2 is 1.88 bits per heavy atom. The molecule has 0 bridgehead atoms. The molecule has 0 unspecified atom stereocenters. The van der Waals surface area contributed by atoms with Crippen molar-refractivity contribution in [1.29, 1.82) is 0 Å². The second-order valence-corrected chi connectivity index (χ2v) is 11.6. The van der Waals surface area contributed by atoms with Crippen molar-refractivity contribution in [3.63, 3.8) is 0 Å². The SMILES string of the molecule is CCc1ccc(CN2CCc3ccc(S(=O)(=O)Nc4noc(C(C)(C)C)c4CC)cc3C2)cn1. The summed E-state index contributed by atoms with van der Waals surface area (Å²) in [5.74, 6) is 0.977. The molecule has 7 nitrogen and oxygen atoms in total. The monoisotopic (exact) mass is 482 g/mol. The van der Waals surface area contributed by atoms with Crippen LogP contribution in [-0.4, -0.2) is 30.0 Å². The van der Waals surface area contributed by atoms with Crippen LogP contribution in [0.25, 0.3) is 0 Å². The number of anilines is 1. The number of hydrogen-bond donors (Lipinski definition) is 1. The third-order valence-corrected chi connectivity index (χ3v) is 7.62. The van der Waals surface area contributed by atoms with E-state index in [-0.39, 0.29) is 16.1 Å². The van der Waals surface area contributed by atoms with E-state index in [4.69, 9.17) is 4.52 Å². The van der Waals surface area contributed by atoms with Gasteiger partial charge in [0.1, 0.15) is 5.76 Å². The van der Waals surface area contributed by atoms with Crippen molar-refractivity contribution < 1.29 is 12.9 Å². The summed E-state index contributed by atoms with van der Waals surface area (Å²) >= 11 is 0. The molecule has 0 fully saturated rings. The number of rotatable bonds is 7. The number of fused-ring (bicyclic) bond motifs is 1. The smallest absolute Gasteiger partial charge is 0.263 e. The molecule has 0 atom stereocenters. The fourth-order valence-electron chi connectivity index (χ4n) is 4.40. The summed E-state index contributed by atoms with van der Waals surface area (Å²) in [5, 5.41) is 4.04. The molecular formula is C26H34N4O3S. The average molecular weight is 483 g/mol. The molecule has 8 heteroatoms. The van der Waals surface area contributed by atoms with Crippen molar-refractivity contribution in [3.05, 3.63) is 70.2 Å². The summed E-state index contributed by atoms with van der Waals surface area (Å²) in [6, 6.07) is 9.60. The van der Waals surface area contributed by atoms with Gasteiger partial charge in [0.25, 0.3) is 10.0 Å². The molecule has 0 radical (unpaired) electrons. The molecular weight excluding hydrogens is 448 g/mol. The summed E-state index contributed by atoms with van der Waals surface area (Å²) in [6.45, 7) is 12.6. The lowest BCUT2D eigenvalue weighted by molar-refractivity contribution is 0.245. The van der Waals surface area contributed by atoms with Crippen molar-refractivity contribution in [2.45, 2.75) is 77.3 Å². The minimum absolute atomic E-state index is 0.240. The minimum Gasteiger partial charge on any atom is -0.358 e. The van der Waals surface area contributed by atoms with E-state index in [0.717, 1.165) is 42.8 Å². The topological polar surface area (TPSA) is 88.3 Å². The predicted octanol–water partition coefficient (Wildman–Crippen LogP) is 4.85. The van der Waals surface area contributed by atoms with Crippen LogP contribution in [-0.2, 0) is 47.8 Å². The molecule has 0 saturated heterocycles. The maximum atomic E-state index is 13.2. The molecule has 2 aromatic heterocycles. The van der Waals surface area contributed by atoms with Gasteiger partial charge >= 0.3 is 0 Å². The van der Waals surface area contributed by atoms with Gasteiger partial charge in [0.05, 0.1) is 4.90 Å². The van der Waals surface area contributed by atoms with E-state index in [9.17, 15) is 8.42 Å². The van der Waals surface area contributed by atoms with Crippen molar-refractivity contribution >= 4 is 15.8 Å². The zero-order valence-electron chi connectivity index (χ0n) is 20.7. The molecule has 182 valence electrons. The Morgan fingerprint density at radius 3 is 2.53 bits per heavy atom. The number of aromatic nitrogens is 2. The van der Waals surface area contributed by atoms with Crippen LogP contribution in [0.3, 0.4) is 0 Å². The summed E-state index contributed by atoms with van der Waals surface area (Å²) < 4.78 is 34.6. The molecule has 1 aliphatic rings. The second-order valence-electron chi connectivity index (χ2n) is 9.95. The molecule has 1 aliphatic heterocycles. The van der Waals surface area contributed by atoms with E-state index < -0.39 is 10.0 Å². The highest BCUT2D eigenvalue weighted by Crippen LogP contribution is 2.32. The standard InChI is InChI=1S/C26H34N4O3S/c1-6-21-10-8-18(15-27-21)16-30-13-12-19-9-11-22(14-20(19)17-30)34(31,32)29-25-23(7-2)24(33-28-25)26(3,4)5/h8-11,14-15H,6-7,12-13,16-17H2,1-5H3,(H,28,29). The Morgan fingerprint density at radius 1 is 1.09 bits per heavy atom. The van der Waals surface area contributed by atoms with Gasteiger partial charge in [0.15, 0.2) is 5.82 Å². The van der Waals surface area contributed by atoms with Crippen molar-refractivity contribution in [2.24, 2.45) is 0 Å². The van der Waals surface area contributed by atoms with Gasteiger partial charge in [-0.25, -0.2) is 8.42 Å². The van der Waals surface area contributed by atoms with Gasteiger partial charge < -0.3 is 4.52 Å². The Hall–Kier alpha value is -2.71. The molecule has 34 heavy (non-hydrogen) atoms. The lowest BCUT2D eigenvalue weighted by atomic mass is 9.89.